The highest BCUT2D eigenvalue weighted by molar-refractivity contribution is 7.99. The van der Waals surface area contributed by atoms with Gasteiger partial charge >= 0.3 is 0 Å². The molecule has 3 rings (SSSR count). The molecule has 2 aromatic carbocycles. The average molecular weight is 382 g/mol. The van der Waals surface area contributed by atoms with E-state index >= 15 is 0 Å². The summed E-state index contributed by atoms with van der Waals surface area (Å²) in [5, 5.41) is 22.0. The Bertz CT molecular complexity index is 896. The van der Waals surface area contributed by atoms with Gasteiger partial charge in [0.25, 0.3) is 0 Å². The molecule has 0 bridgehead atoms. The number of rotatable bonds is 8. The average Bonchev–Trinajstić information content (AvgIpc) is 3.10. The van der Waals surface area contributed by atoms with Gasteiger partial charge in [-0.2, -0.15) is 0 Å². The molecule has 0 fully saturated rings. The monoisotopic (exact) mass is 382 g/mol. The number of hydrogen-bond acceptors (Lipinski definition) is 5. The van der Waals surface area contributed by atoms with Gasteiger partial charge in [0.1, 0.15) is 5.75 Å². The SMILES string of the molecule is CCn1c(SCC(=O)NCCc2ccccc2)nnc1-c1ccccc1O. The van der Waals surface area contributed by atoms with Gasteiger partial charge in [0.05, 0.1) is 11.3 Å². The maximum absolute atomic E-state index is 12.1. The Balaban J connectivity index is 1.56. The van der Waals surface area contributed by atoms with E-state index in [9.17, 15) is 9.90 Å². The first-order valence-corrected chi connectivity index (χ1v) is 9.82. The minimum atomic E-state index is -0.0364. The number of hydrogen-bond donors (Lipinski definition) is 2. The molecule has 0 atom stereocenters. The first-order chi connectivity index (χ1) is 13.2. The number of carbonyl (C=O) groups excluding carboxylic acids is 1. The Morgan fingerprint density at radius 1 is 1.11 bits per heavy atom. The summed E-state index contributed by atoms with van der Waals surface area (Å²) in [6, 6.07) is 17.1. The van der Waals surface area contributed by atoms with Crippen molar-refractivity contribution in [1.82, 2.24) is 20.1 Å². The van der Waals surface area contributed by atoms with Crippen LogP contribution in [0.5, 0.6) is 5.75 Å². The van der Waals surface area contributed by atoms with Crippen LogP contribution < -0.4 is 5.32 Å². The van der Waals surface area contributed by atoms with Crippen LogP contribution in [0.25, 0.3) is 11.4 Å². The van der Waals surface area contributed by atoms with Gasteiger partial charge < -0.3 is 15.0 Å². The van der Waals surface area contributed by atoms with Crippen molar-refractivity contribution in [2.75, 3.05) is 12.3 Å². The second-order valence-electron chi connectivity index (χ2n) is 5.94. The number of nitrogens with zero attached hydrogens (tertiary/aromatic N) is 3. The molecule has 6 nitrogen and oxygen atoms in total. The van der Waals surface area contributed by atoms with E-state index in [0.717, 1.165) is 6.42 Å². The van der Waals surface area contributed by atoms with Crippen LogP contribution in [-0.4, -0.2) is 38.1 Å². The summed E-state index contributed by atoms with van der Waals surface area (Å²) in [6.45, 7) is 3.23. The largest absolute Gasteiger partial charge is 0.507 e. The van der Waals surface area contributed by atoms with Gasteiger partial charge in [-0.05, 0) is 31.0 Å². The van der Waals surface area contributed by atoms with Crippen LogP contribution in [0.3, 0.4) is 0 Å². The van der Waals surface area contributed by atoms with Gasteiger partial charge in [-0.3, -0.25) is 4.79 Å². The smallest absolute Gasteiger partial charge is 0.230 e. The predicted molar refractivity (Wildman–Crippen MR) is 107 cm³/mol. The van der Waals surface area contributed by atoms with Crippen molar-refractivity contribution < 1.29 is 9.90 Å². The van der Waals surface area contributed by atoms with Gasteiger partial charge in [-0.1, -0.05) is 54.2 Å². The highest BCUT2D eigenvalue weighted by Crippen LogP contribution is 2.29. The summed E-state index contributed by atoms with van der Waals surface area (Å²) < 4.78 is 1.90. The number of benzene rings is 2. The molecule has 140 valence electrons. The molecule has 0 aliphatic rings. The van der Waals surface area contributed by atoms with Gasteiger partial charge in [0, 0.05) is 13.1 Å². The fourth-order valence-electron chi connectivity index (χ4n) is 2.71. The van der Waals surface area contributed by atoms with Crippen molar-refractivity contribution in [2.24, 2.45) is 0 Å². The predicted octanol–water partition coefficient (Wildman–Crippen LogP) is 3.12. The zero-order chi connectivity index (χ0) is 19.1. The van der Waals surface area contributed by atoms with E-state index in [2.05, 4.69) is 15.5 Å². The Labute approximate surface area is 162 Å². The molecular weight excluding hydrogens is 360 g/mol. The zero-order valence-electron chi connectivity index (χ0n) is 15.1. The number of amides is 1. The van der Waals surface area contributed by atoms with Crippen LogP contribution in [0.2, 0.25) is 0 Å². The molecule has 1 amide bonds. The van der Waals surface area contributed by atoms with E-state index in [1.807, 2.05) is 47.9 Å². The molecule has 0 aliphatic heterocycles. The third kappa shape index (κ3) is 4.89. The van der Waals surface area contributed by atoms with E-state index in [0.29, 0.717) is 29.6 Å². The van der Waals surface area contributed by atoms with Gasteiger partial charge in [-0.25, -0.2) is 0 Å². The molecule has 3 aromatic rings. The molecule has 1 heterocycles. The Morgan fingerprint density at radius 3 is 2.59 bits per heavy atom. The number of aromatic nitrogens is 3. The van der Waals surface area contributed by atoms with E-state index in [1.165, 1.54) is 17.3 Å². The maximum Gasteiger partial charge on any atom is 0.230 e. The molecule has 0 radical (unpaired) electrons. The minimum absolute atomic E-state index is 0.0364. The Morgan fingerprint density at radius 2 is 1.85 bits per heavy atom. The number of para-hydroxylation sites is 1. The fourth-order valence-corrected chi connectivity index (χ4v) is 3.55. The van der Waals surface area contributed by atoms with Crippen LogP contribution >= 0.6 is 11.8 Å². The lowest BCUT2D eigenvalue weighted by Crippen LogP contribution is -2.27. The van der Waals surface area contributed by atoms with Crippen molar-refractivity contribution in [2.45, 2.75) is 25.0 Å². The highest BCUT2D eigenvalue weighted by Gasteiger charge is 2.16. The molecule has 0 saturated heterocycles. The molecule has 2 N–H and O–H groups in total. The summed E-state index contributed by atoms with van der Waals surface area (Å²) in [6.07, 6.45) is 0.805. The minimum Gasteiger partial charge on any atom is -0.507 e. The molecule has 1 aromatic heterocycles. The van der Waals surface area contributed by atoms with Crippen molar-refractivity contribution in [3.63, 3.8) is 0 Å². The normalized spacial score (nSPS) is 10.7. The lowest BCUT2D eigenvalue weighted by atomic mass is 10.1. The number of carbonyl (C=O) groups is 1. The standard InChI is InChI=1S/C20H22N4O2S/c1-2-24-19(16-10-6-7-11-17(16)25)22-23-20(24)27-14-18(26)21-13-12-15-8-4-3-5-9-15/h3-11,25H,2,12-14H2,1H3,(H,21,26). The van der Waals surface area contributed by atoms with Gasteiger partial charge in [0.2, 0.25) is 5.91 Å². The topological polar surface area (TPSA) is 80.0 Å². The van der Waals surface area contributed by atoms with E-state index < -0.39 is 0 Å². The summed E-state index contributed by atoms with van der Waals surface area (Å²) in [5.74, 6) is 0.997. The molecule has 0 spiro atoms. The second kappa shape index (κ2) is 9.23. The quantitative estimate of drug-likeness (QED) is 0.585. The van der Waals surface area contributed by atoms with Crippen LogP contribution in [-0.2, 0) is 17.8 Å². The third-order valence-electron chi connectivity index (χ3n) is 4.09. The highest BCUT2D eigenvalue weighted by atomic mass is 32.2. The first-order valence-electron chi connectivity index (χ1n) is 8.84. The molecule has 0 saturated carbocycles. The molecule has 7 heteroatoms. The number of thioether (sulfide) groups is 1. The van der Waals surface area contributed by atoms with Crippen molar-refractivity contribution in [1.29, 1.82) is 0 Å². The summed E-state index contributed by atoms with van der Waals surface area (Å²) in [5.41, 5.74) is 1.83. The Kier molecular flexibility index (Phi) is 6.49. The van der Waals surface area contributed by atoms with Crippen molar-refractivity contribution in [3.05, 3.63) is 60.2 Å². The van der Waals surface area contributed by atoms with Gasteiger partial charge in [0.15, 0.2) is 11.0 Å². The summed E-state index contributed by atoms with van der Waals surface area (Å²) >= 11 is 1.34. The third-order valence-corrected chi connectivity index (χ3v) is 5.06. The summed E-state index contributed by atoms with van der Waals surface area (Å²) in [7, 11) is 0. The Hall–Kier alpha value is -2.80. The van der Waals surface area contributed by atoms with Crippen LogP contribution in [0, 0.1) is 0 Å². The lowest BCUT2D eigenvalue weighted by Gasteiger charge is -2.09. The number of aromatic hydroxyl groups is 1. The number of phenolic OH excluding ortho intramolecular Hbond substituents is 1. The molecular formula is C20H22N4O2S. The van der Waals surface area contributed by atoms with Gasteiger partial charge in [-0.15, -0.1) is 10.2 Å². The number of phenols is 1. The zero-order valence-corrected chi connectivity index (χ0v) is 15.9. The summed E-state index contributed by atoms with van der Waals surface area (Å²) in [4.78, 5) is 12.1. The van der Waals surface area contributed by atoms with E-state index in [4.69, 9.17) is 0 Å². The number of nitrogens with one attached hydrogen (secondary N) is 1. The van der Waals surface area contributed by atoms with E-state index in [1.54, 1.807) is 18.2 Å². The first kappa shape index (κ1) is 19.0. The lowest BCUT2D eigenvalue weighted by molar-refractivity contribution is -0.118. The van der Waals surface area contributed by atoms with Crippen LogP contribution in [0.1, 0.15) is 12.5 Å². The van der Waals surface area contributed by atoms with E-state index in [-0.39, 0.29) is 17.4 Å². The fraction of sp³-hybridized carbons (Fsp3) is 0.250. The maximum atomic E-state index is 12.1. The molecule has 0 aliphatic carbocycles. The molecule has 27 heavy (non-hydrogen) atoms. The van der Waals surface area contributed by atoms with Crippen molar-refractivity contribution >= 4 is 17.7 Å². The van der Waals surface area contributed by atoms with Crippen molar-refractivity contribution in [3.8, 4) is 17.1 Å². The molecule has 0 unspecified atom stereocenters. The van der Waals surface area contributed by atoms with Crippen LogP contribution in [0.4, 0.5) is 0 Å². The second-order valence-corrected chi connectivity index (χ2v) is 6.88. The van der Waals surface area contributed by atoms with Crippen LogP contribution in [0.15, 0.2) is 59.8 Å².